The van der Waals surface area contributed by atoms with Gasteiger partial charge in [-0.05, 0) is 0 Å². The lowest BCUT2D eigenvalue weighted by Crippen LogP contribution is -2.15. The van der Waals surface area contributed by atoms with Crippen LogP contribution in [0.25, 0.3) is 5.78 Å². The zero-order chi connectivity index (χ0) is 18.2. The van der Waals surface area contributed by atoms with Gasteiger partial charge < -0.3 is 5.32 Å². The summed E-state index contributed by atoms with van der Waals surface area (Å²) in [5, 5.41) is 9.88. The fraction of sp³-hybridized carbons (Fsp3) is 0.467. The van der Waals surface area contributed by atoms with Gasteiger partial charge in [-0.15, -0.1) is 11.3 Å². The maximum atomic E-state index is 12.9. The van der Waals surface area contributed by atoms with Gasteiger partial charge in [0.05, 0.1) is 10.7 Å². The van der Waals surface area contributed by atoms with Gasteiger partial charge in [0, 0.05) is 29.8 Å². The molecule has 0 aliphatic carbocycles. The lowest BCUT2D eigenvalue weighted by Gasteiger charge is -2.13. The Bertz CT molecular complexity index is 877. The summed E-state index contributed by atoms with van der Waals surface area (Å²) >= 11 is 1.59. The van der Waals surface area contributed by atoms with Crippen LogP contribution in [0, 0.1) is 0 Å². The highest BCUT2D eigenvalue weighted by atomic mass is 32.1. The Hall–Kier alpha value is -2.23. The van der Waals surface area contributed by atoms with E-state index in [-0.39, 0.29) is 17.0 Å². The molecule has 0 unspecified atom stereocenters. The highest BCUT2D eigenvalue weighted by molar-refractivity contribution is 7.09. The predicted molar refractivity (Wildman–Crippen MR) is 88.8 cm³/mol. The largest absolute Gasteiger partial charge is 0.433 e. The Kier molecular flexibility index (Phi) is 4.40. The van der Waals surface area contributed by atoms with Crippen molar-refractivity contribution in [3.8, 4) is 0 Å². The molecule has 0 saturated heterocycles. The van der Waals surface area contributed by atoms with Gasteiger partial charge in [-0.2, -0.15) is 27.8 Å². The van der Waals surface area contributed by atoms with Gasteiger partial charge >= 0.3 is 6.18 Å². The lowest BCUT2D eigenvalue weighted by molar-refractivity contribution is -0.141. The first-order valence-electron chi connectivity index (χ1n) is 7.61. The van der Waals surface area contributed by atoms with E-state index in [1.165, 1.54) is 10.8 Å². The van der Waals surface area contributed by atoms with E-state index in [2.05, 4.69) is 46.1 Å². The Labute approximate surface area is 146 Å². The number of thiazole rings is 1. The number of nitrogens with one attached hydrogen (secondary N) is 1. The zero-order valence-corrected chi connectivity index (χ0v) is 14.7. The third-order valence-electron chi connectivity index (χ3n) is 3.42. The fourth-order valence-corrected chi connectivity index (χ4v) is 3.11. The van der Waals surface area contributed by atoms with Crippen LogP contribution in [0.1, 0.15) is 37.2 Å². The minimum absolute atomic E-state index is 0.0179. The van der Waals surface area contributed by atoms with Crippen LogP contribution in [-0.4, -0.2) is 31.1 Å². The number of nitrogens with zero attached hydrogens (tertiary/aromatic N) is 5. The molecule has 3 heterocycles. The maximum Gasteiger partial charge on any atom is 0.433 e. The van der Waals surface area contributed by atoms with E-state index in [4.69, 9.17) is 0 Å². The second-order valence-corrected chi connectivity index (χ2v) is 7.43. The molecule has 0 aliphatic heterocycles. The van der Waals surface area contributed by atoms with E-state index < -0.39 is 11.9 Å². The molecule has 1 N–H and O–H groups in total. The Morgan fingerprint density at radius 1 is 1.20 bits per heavy atom. The number of aromatic nitrogens is 5. The summed E-state index contributed by atoms with van der Waals surface area (Å²) in [5.41, 5.74) is -0.114. The summed E-state index contributed by atoms with van der Waals surface area (Å²) in [4.78, 5) is 11.8. The van der Waals surface area contributed by atoms with E-state index in [0.29, 0.717) is 13.0 Å². The minimum Gasteiger partial charge on any atom is -0.369 e. The summed E-state index contributed by atoms with van der Waals surface area (Å²) in [6, 6.07) is 0.934. The topological polar surface area (TPSA) is 68.0 Å². The molecule has 10 heteroatoms. The van der Waals surface area contributed by atoms with Gasteiger partial charge in [-0.3, -0.25) is 0 Å². The van der Waals surface area contributed by atoms with E-state index in [9.17, 15) is 13.2 Å². The first kappa shape index (κ1) is 17.6. The molecule has 3 aromatic rings. The van der Waals surface area contributed by atoms with Crippen molar-refractivity contribution < 1.29 is 13.2 Å². The summed E-state index contributed by atoms with van der Waals surface area (Å²) < 4.78 is 40.1. The standard InChI is InChI=1S/C15H17F3N6S/c1-14(2,3)12-22-9(7-25-12)4-5-19-11-6-10(15(16,17)18)23-13-20-8-21-24(11)13/h6-8,19H,4-5H2,1-3H3. The number of anilines is 1. The maximum absolute atomic E-state index is 12.9. The van der Waals surface area contributed by atoms with E-state index in [1.54, 1.807) is 11.3 Å². The van der Waals surface area contributed by atoms with Crippen LogP contribution in [0.2, 0.25) is 0 Å². The molecule has 0 fully saturated rings. The summed E-state index contributed by atoms with van der Waals surface area (Å²) in [6.45, 7) is 6.68. The van der Waals surface area contributed by atoms with Crippen molar-refractivity contribution >= 4 is 22.9 Å². The van der Waals surface area contributed by atoms with Crippen LogP contribution in [0.4, 0.5) is 19.0 Å². The Balaban J connectivity index is 1.75. The second kappa shape index (κ2) is 6.25. The third kappa shape index (κ3) is 3.89. The van der Waals surface area contributed by atoms with Gasteiger partial charge in [0.25, 0.3) is 5.78 Å². The van der Waals surface area contributed by atoms with Crippen molar-refractivity contribution in [1.82, 2.24) is 24.6 Å². The summed E-state index contributed by atoms with van der Waals surface area (Å²) in [5.74, 6) is 0.0992. The molecule has 0 amide bonds. The third-order valence-corrected chi connectivity index (χ3v) is 4.74. The molecule has 25 heavy (non-hydrogen) atoms. The van der Waals surface area contributed by atoms with Gasteiger partial charge in [-0.1, -0.05) is 20.8 Å². The van der Waals surface area contributed by atoms with Crippen molar-refractivity contribution in [3.05, 3.63) is 34.2 Å². The Morgan fingerprint density at radius 3 is 2.60 bits per heavy atom. The molecule has 0 saturated carbocycles. The van der Waals surface area contributed by atoms with Gasteiger partial charge in [0.1, 0.15) is 12.1 Å². The lowest BCUT2D eigenvalue weighted by atomic mass is 9.98. The van der Waals surface area contributed by atoms with Crippen molar-refractivity contribution in [3.63, 3.8) is 0 Å². The molecule has 6 nitrogen and oxygen atoms in total. The highest BCUT2D eigenvalue weighted by Crippen LogP contribution is 2.29. The molecule has 0 aromatic carbocycles. The highest BCUT2D eigenvalue weighted by Gasteiger charge is 2.34. The number of fused-ring (bicyclic) bond motifs is 1. The van der Waals surface area contributed by atoms with Crippen molar-refractivity contribution in [1.29, 1.82) is 0 Å². The van der Waals surface area contributed by atoms with Gasteiger partial charge in [0.15, 0.2) is 5.69 Å². The molecule has 3 rings (SSSR count). The number of hydrogen-bond acceptors (Lipinski definition) is 6. The van der Waals surface area contributed by atoms with Crippen molar-refractivity contribution in [2.24, 2.45) is 0 Å². The van der Waals surface area contributed by atoms with Crippen molar-refractivity contribution in [2.45, 2.75) is 38.8 Å². The molecule has 0 radical (unpaired) electrons. The average Bonchev–Trinajstić information content (AvgIpc) is 3.13. The molecule has 0 spiro atoms. The van der Waals surface area contributed by atoms with Crippen LogP contribution in [0.3, 0.4) is 0 Å². The normalized spacial score (nSPS) is 12.7. The fourth-order valence-electron chi connectivity index (χ4n) is 2.17. The number of rotatable bonds is 4. The molecule has 0 atom stereocenters. The smallest absolute Gasteiger partial charge is 0.369 e. The first-order valence-corrected chi connectivity index (χ1v) is 8.49. The van der Waals surface area contributed by atoms with E-state index in [1.807, 2.05) is 5.38 Å². The molecule has 0 aliphatic rings. The number of hydrogen-bond donors (Lipinski definition) is 1. The van der Waals surface area contributed by atoms with Crippen LogP contribution in [0.5, 0.6) is 0 Å². The summed E-state index contributed by atoms with van der Waals surface area (Å²) in [7, 11) is 0. The van der Waals surface area contributed by atoms with Crippen LogP contribution >= 0.6 is 11.3 Å². The molecule has 3 aromatic heterocycles. The number of alkyl halides is 3. The van der Waals surface area contributed by atoms with Gasteiger partial charge in [0.2, 0.25) is 0 Å². The SMILES string of the molecule is CC(C)(C)c1nc(CCNc2cc(C(F)(F)F)nc3ncnn23)cs1. The zero-order valence-electron chi connectivity index (χ0n) is 13.9. The monoisotopic (exact) mass is 370 g/mol. The predicted octanol–water partition coefficient (Wildman–Crippen LogP) is 3.55. The Morgan fingerprint density at radius 2 is 1.96 bits per heavy atom. The molecular weight excluding hydrogens is 353 g/mol. The van der Waals surface area contributed by atoms with Crippen LogP contribution in [-0.2, 0) is 18.0 Å². The molecular formula is C15H17F3N6S. The quantitative estimate of drug-likeness (QED) is 0.761. The average molecular weight is 370 g/mol. The minimum atomic E-state index is -4.54. The van der Waals surface area contributed by atoms with E-state index in [0.717, 1.165) is 16.8 Å². The van der Waals surface area contributed by atoms with Crippen molar-refractivity contribution in [2.75, 3.05) is 11.9 Å². The first-order chi connectivity index (χ1) is 11.6. The summed E-state index contributed by atoms with van der Waals surface area (Å²) in [6.07, 6.45) is -2.78. The van der Waals surface area contributed by atoms with Gasteiger partial charge in [-0.25, -0.2) is 9.97 Å². The molecule has 0 bridgehead atoms. The van der Waals surface area contributed by atoms with Crippen LogP contribution in [0.15, 0.2) is 17.8 Å². The molecule has 134 valence electrons. The second-order valence-electron chi connectivity index (χ2n) is 6.57. The van der Waals surface area contributed by atoms with Crippen LogP contribution < -0.4 is 5.32 Å². The van der Waals surface area contributed by atoms with E-state index >= 15 is 0 Å². The number of halogens is 3.